The number of hydrogen-bond donors (Lipinski definition) is 1. The number of fused-ring (bicyclic) bond motifs is 2. The molecule has 12 heavy (non-hydrogen) atoms. The summed E-state index contributed by atoms with van der Waals surface area (Å²) in [6.07, 6.45) is 2.90. The van der Waals surface area contributed by atoms with Crippen molar-refractivity contribution >= 4 is 0 Å². The third kappa shape index (κ3) is 1.27. The average Bonchev–Trinajstić information content (AvgIpc) is 2.35. The molecule has 0 radical (unpaired) electrons. The van der Waals surface area contributed by atoms with Gasteiger partial charge in [0.1, 0.15) is 0 Å². The summed E-state index contributed by atoms with van der Waals surface area (Å²) in [4.78, 5) is 2.61. The highest BCUT2D eigenvalue weighted by Crippen LogP contribution is 2.36. The molecule has 2 atom stereocenters. The van der Waals surface area contributed by atoms with E-state index < -0.39 is 0 Å². The van der Waals surface area contributed by atoms with Crippen molar-refractivity contribution < 1.29 is 0 Å². The molecule has 2 fully saturated rings. The highest BCUT2D eigenvalue weighted by atomic mass is 15.2. The molecule has 0 aromatic carbocycles. The first-order valence-electron chi connectivity index (χ1n) is 5.24. The van der Waals surface area contributed by atoms with Crippen molar-refractivity contribution in [3.05, 3.63) is 0 Å². The topological polar surface area (TPSA) is 15.3 Å². The zero-order valence-electron chi connectivity index (χ0n) is 8.21. The molecule has 2 unspecified atom stereocenters. The normalized spacial score (nSPS) is 42.0. The van der Waals surface area contributed by atoms with E-state index in [-0.39, 0.29) is 0 Å². The number of piperidine rings is 1. The average molecular weight is 168 g/mol. The van der Waals surface area contributed by atoms with Crippen molar-refractivity contribution in [3.63, 3.8) is 0 Å². The van der Waals surface area contributed by atoms with Gasteiger partial charge < -0.3 is 10.2 Å². The molecule has 1 aliphatic heterocycles. The molecule has 1 aliphatic carbocycles. The quantitative estimate of drug-likeness (QED) is 0.660. The molecule has 1 saturated heterocycles. The van der Waals surface area contributed by atoms with Gasteiger partial charge in [0.2, 0.25) is 0 Å². The third-order valence-electron chi connectivity index (χ3n) is 3.69. The lowest BCUT2D eigenvalue weighted by atomic mass is 9.92. The minimum Gasteiger partial charge on any atom is -0.316 e. The number of rotatable bonds is 2. The molecule has 1 heterocycles. The molecule has 1 saturated carbocycles. The molecule has 2 heteroatoms. The second-order valence-corrected chi connectivity index (χ2v) is 4.26. The van der Waals surface area contributed by atoms with Crippen LogP contribution >= 0.6 is 0 Å². The molecule has 0 aromatic heterocycles. The van der Waals surface area contributed by atoms with Gasteiger partial charge in [-0.2, -0.15) is 0 Å². The first-order chi connectivity index (χ1) is 5.85. The number of likely N-dealkylation sites (tertiary alicyclic amines) is 1. The van der Waals surface area contributed by atoms with Gasteiger partial charge in [-0.15, -0.1) is 0 Å². The van der Waals surface area contributed by atoms with Gasteiger partial charge in [0.15, 0.2) is 0 Å². The molecule has 2 aliphatic rings. The Morgan fingerprint density at radius 3 is 2.25 bits per heavy atom. The van der Waals surface area contributed by atoms with Crippen molar-refractivity contribution in [2.75, 3.05) is 26.7 Å². The largest absolute Gasteiger partial charge is 0.316 e. The Labute approximate surface area is 75.3 Å². The lowest BCUT2D eigenvalue weighted by molar-refractivity contribution is 0.139. The van der Waals surface area contributed by atoms with Crippen LogP contribution in [0.3, 0.4) is 0 Å². The fourth-order valence-corrected chi connectivity index (χ4v) is 3.05. The summed E-state index contributed by atoms with van der Waals surface area (Å²) in [5, 5.41) is 3.48. The van der Waals surface area contributed by atoms with E-state index in [1.807, 2.05) is 0 Å². The fourth-order valence-electron chi connectivity index (χ4n) is 3.05. The Kier molecular flexibility index (Phi) is 2.37. The van der Waals surface area contributed by atoms with Crippen molar-refractivity contribution in [2.45, 2.75) is 25.8 Å². The van der Waals surface area contributed by atoms with Crippen LogP contribution in [0, 0.1) is 11.8 Å². The third-order valence-corrected chi connectivity index (χ3v) is 3.69. The van der Waals surface area contributed by atoms with Gasteiger partial charge in [-0.05, 0) is 38.3 Å². The summed E-state index contributed by atoms with van der Waals surface area (Å²) in [6.45, 7) is 6.18. The number of nitrogens with one attached hydrogen (secondary N) is 1. The van der Waals surface area contributed by atoms with Gasteiger partial charge >= 0.3 is 0 Å². The van der Waals surface area contributed by atoms with Crippen LogP contribution in [0.2, 0.25) is 0 Å². The standard InChI is InChI=1S/C10H20N2/c1-3-12-6-8-4-5-9(7-12)10(8)11-2/h8-11H,3-7H2,1-2H3. The van der Waals surface area contributed by atoms with Crippen LogP contribution in [0.25, 0.3) is 0 Å². The lowest BCUT2D eigenvalue weighted by Gasteiger charge is -2.37. The minimum absolute atomic E-state index is 0.827. The SMILES string of the molecule is CCN1CC2CCC(C1)C2NC. The van der Waals surface area contributed by atoms with Crippen LogP contribution in [0.4, 0.5) is 0 Å². The van der Waals surface area contributed by atoms with Gasteiger partial charge in [-0.3, -0.25) is 0 Å². The van der Waals surface area contributed by atoms with Crippen LogP contribution in [0.15, 0.2) is 0 Å². The predicted molar refractivity (Wildman–Crippen MR) is 51.2 cm³/mol. The molecule has 2 bridgehead atoms. The van der Waals surface area contributed by atoms with Gasteiger partial charge in [-0.1, -0.05) is 6.92 Å². The van der Waals surface area contributed by atoms with E-state index in [4.69, 9.17) is 0 Å². The molecule has 2 rings (SSSR count). The van der Waals surface area contributed by atoms with E-state index in [1.165, 1.54) is 32.5 Å². The van der Waals surface area contributed by atoms with E-state index in [1.54, 1.807) is 0 Å². The highest BCUT2D eigenvalue weighted by Gasteiger charge is 2.40. The maximum absolute atomic E-state index is 3.48. The van der Waals surface area contributed by atoms with Crippen LogP contribution in [-0.2, 0) is 0 Å². The Balaban J connectivity index is 2.01. The van der Waals surface area contributed by atoms with Crippen molar-refractivity contribution in [1.82, 2.24) is 10.2 Å². The van der Waals surface area contributed by atoms with Crippen molar-refractivity contribution in [1.29, 1.82) is 0 Å². The second-order valence-electron chi connectivity index (χ2n) is 4.26. The van der Waals surface area contributed by atoms with E-state index in [0.29, 0.717) is 0 Å². The van der Waals surface area contributed by atoms with E-state index in [9.17, 15) is 0 Å². The minimum atomic E-state index is 0.827. The first kappa shape index (κ1) is 8.52. The van der Waals surface area contributed by atoms with E-state index in [2.05, 4.69) is 24.2 Å². The monoisotopic (exact) mass is 168 g/mol. The van der Waals surface area contributed by atoms with E-state index >= 15 is 0 Å². The Hall–Kier alpha value is -0.0800. The smallest absolute Gasteiger partial charge is 0.0145 e. The van der Waals surface area contributed by atoms with Crippen LogP contribution in [-0.4, -0.2) is 37.6 Å². The molecule has 70 valence electrons. The zero-order chi connectivity index (χ0) is 8.55. The lowest BCUT2D eigenvalue weighted by Crippen LogP contribution is -2.49. The molecule has 1 N–H and O–H groups in total. The summed E-state index contributed by atoms with van der Waals surface area (Å²) in [5.41, 5.74) is 0. The summed E-state index contributed by atoms with van der Waals surface area (Å²) >= 11 is 0. The van der Waals surface area contributed by atoms with Gasteiger partial charge in [0.25, 0.3) is 0 Å². The Morgan fingerprint density at radius 1 is 1.25 bits per heavy atom. The van der Waals surface area contributed by atoms with Gasteiger partial charge in [-0.25, -0.2) is 0 Å². The van der Waals surface area contributed by atoms with Crippen LogP contribution < -0.4 is 5.32 Å². The van der Waals surface area contributed by atoms with Crippen LogP contribution in [0.5, 0.6) is 0 Å². The summed E-state index contributed by atoms with van der Waals surface area (Å²) in [6, 6.07) is 0.827. The van der Waals surface area contributed by atoms with E-state index in [0.717, 1.165) is 17.9 Å². The summed E-state index contributed by atoms with van der Waals surface area (Å²) in [5.74, 6) is 1.88. The Bertz CT molecular complexity index is 144. The zero-order valence-corrected chi connectivity index (χ0v) is 8.21. The maximum atomic E-state index is 3.48. The maximum Gasteiger partial charge on any atom is 0.0145 e. The molecular formula is C10H20N2. The fraction of sp³-hybridized carbons (Fsp3) is 1.00. The van der Waals surface area contributed by atoms with Gasteiger partial charge in [0.05, 0.1) is 0 Å². The number of hydrogen-bond acceptors (Lipinski definition) is 2. The van der Waals surface area contributed by atoms with Crippen molar-refractivity contribution in [3.8, 4) is 0 Å². The molecule has 0 amide bonds. The van der Waals surface area contributed by atoms with Crippen LogP contribution in [0.1, 0.15) is 19.8 Å². The predicted octanol–water partition coefficient (Wildman–Crippen LogP) is 0.936. The first-order valence-corrected chi connectivity index (χ1v) is 5.24. The molecule has 0 aromatic rings. The molecule has 0 spiro atoms. The molecular weight excluding hydrogens is 148 g/mol. The number of nitrogens with zero attached hydrogens (tertiary/aromatic N) is 1. The highest BCUT2D eigenvalue weighted by molar-refractivity contribution is 4.96. The summed E-state index contributed by atoms with van der Waals surface area (Å²) < 4.78 is 0. The summed E-state index contributed by atoms with van der Waals surface area (Å²) in [7, 11) is 2.12. The Morgan fingerprint density at radius 2 is 1.83 bits per heavy atom. The second kappa shape index (κ2) is 3.35. The molecule has 2 nitrogen and oxygen atoms in total. The van der Waals surface area contributed by atoms with Gasteiger partial charge in [0, 0.05) is 19.1 Å². The van der Waals surface area contributed by atoms with Crippen molar-refractivity contribution in [2.24, 2.45) is 11.8 Å².